The number of hydrogen-bond acceptors (Lipinski definition) is 2. The topological polar surface area (TPSA) is 12.0 Å². The predicted octanol–water partition coefficient (Wildman–Crippen LogP) is 3.53. The Labute approximate surface area is 104 Å². The maximum absolute atomic E-state index is 3.59. The standard InChI is InChI=1S/C14H23NS/c1-5-16-10-13(4)15-9-14-11(2)7-6-8-12(14)3/h6-8,13,15H,5,9-10H2,1-4H3. The molecule has 1 aromatic rings. The van der Waals surface area contributed by atoms with Gasteiger partial charge in [0.15, 0.2) is 0 Å². The molecule has 2 heteroatoms. The maximum atomic E-state index is 3.59. The fraction of sp³-hybridized carbons (Fsp3) is 0.571. The molecule has 1 N–H and O–H groups in total. The van der Waals surface area contributed by atoms with Crippen LogP contribution in [0.25, 0.3) is 0 Å². The smallest absolute Gasteiger partial charge is 0.0213 e. The van der Waals surface area contributed by atoms with Crippen molar-refractivity contribution < 1.29 is 0 Å². The highest BCUT2D eigenvalue weighted by atomic mass is 32.2. The van der Waals surface area contributed by atoms with Crippen LogP contribution in [-0.2, 0) is 6.54 Å². The molecule has 0 aliphatic rings. The van der Waals surface area contributed by atoms with E-state index in [4.69, 9.17) is 0 Å². The summed E-state index contributed by atoms with van der Waals surface area (Å²) in [6.45, 7) is 9.84. The first kappa shape index (κ1) is 13.6. The largest absolute Gasteiger partial charge is 0.309 e. The molecule has 0 spiro atoms. The molecular weight excluding hydrogens is 214 g/mol. The lowest BCUT2D eigenvalue weighted by atomic mass is 10.0. The third-order valence-corrected chi connectivity index (χ3v) is 3.99. The van der Waals surface area contributed by atoms with Gasteiger partial charge in [0.05, 0.1) is 0 Å². The van der Waals surface area contributed by atoms with Crippen molar-refractivity contribution in [1.29, 1.82) is 0 Å². The lowest BCUT2D eigenvalue weighted by Crippen LogP contribution is -2.28. The molecule has 0 radical (unpaired) electrons. The summed E-state index contributed by atoms with van der Waals surface area (Å²) in [7, 11) is 0. The van der Waals surface area contributed by atoms with Crippen molar-refractivity contribution in [2.45, 2.75) is 40.3 Å². The van der Waals surface area contributed by atoms with Gasteiger partial charge in [-0.05, 0) is 43.2 Å². The molecule has 1 aromatic carbocycles. The van der Waals surface area contributed by atoms with Crippen LogP contribution in [0.5, 0.6) is 0 Å². The summed E-state index contributed by atoms with van der Waals surface area (Å²) in [5.74, 6) is 2.40. The number of nitrogens with one attached hydrogen (secondary N) is 1. The van der Waals surface area contributed by atoms with Gasteiger partial charge in [0.25, 0.3) is 0 Å². The Morgan fingerprint density at radius 2 is 1.88 bits per heavy atom. The van der Waals surface area contributed by atoms with Crippen LogP contribution in [0.2, 0.25) is 0 Å². The fourth-order valence-corrected chi connectivity index (χ4v) is 2.46. The van der Waals surface area contributed by atoms with Crippen LogP contribution in [0.4, 0.5) is 0 Å². The minimum absolute atomic E-state index is 0.587. The molecule has 0 aliphatic heterocycles. The van der Waals surface area contributed by atoms with E-state index in [2.05, 4.69) is 51.2 Å². The SMILES string of the molecule is CCSCC(C)NCc1c(C)cccc1C. The number of thioether (sulfide) groups is 1. The minimum Gasteiger partial charge on any atom is -0.309 e. The number of benzene rings is 1. The van der Waals surface area contributed by atoms with E-state index in [0.717, 1.165) is 6.54 Å². The van der Waals surface area contributed by atoms with Crippen LogP contribution < -0.4 is 5.32 Å². The van der Waals surface area contributed by atoms with E-state index in [-0.39, 0.29) is 0 Å². The zero-order chi connectivity index (χ0) is 12.0. The highest BCUT2D eigenvalue weighted by Crippen LogP contribution is 2.13. The molecular formula is C14H23NS. The highest BCUT2D eigenvalue weighted by molar-refractivity contribution is 7.99. The average Bonchev–Trinajstić information content (AvgIpc) is 2.25. The molecule has 0 aromatic heterocycles. The van der Waals surface area contributed by atoms with Gasteiger partial charge in [-0.15, -0.1) is 0 Å². The number of hydrogen-bond donors (Lipinski definition) is 1. The second-order valence-electron chi connectivity index (χ2n) is 4.31. The first-order chi connectivity index (χ1) is 7.65. The molecule has 1 nitrogen and oxygen atoms in total. The van der Waals surface area contributed by atoms with Crippen molar-refractivity contribution in [2.24, 2.45) is 0 Å². The van der Waals surface area contributed by atoms with E-state index in [1.165, 1.54) is 28.2 Å². The van der Waals surface area contributed by atoms with Crippen molar-refractivity contribution in [3.63, 3.8) is 0 Å². The van der Waals surface area contributed by atoms with Crippen LogP contribution in [0.15, 0.2) is 18.2 Å². The Morgan fingerprint density at radius 3 is 2.44 bits per heavy atom. The summed E-state index contributed by atoms with van der Waals surface area (Å²) >= 11 is 2.00. The minimum atomic E-state index is 0.587. The monoisotopic (exact) mass is 237 g/mol. The van der Waals surface area contributed by atoms with Gasteiger partial charge in [0.1, 0.15) is 0 Å². The van der Waals surface area contributed by atoms with E-state index in [1.54, 1.807) is 0 Å². The molecule has 1 atom stereocenters. The van der Waals surface area contributed by atoms with Crippen molar-refractivity contribution in [3.05, 3.63) is 34.9 Å². The lowest BCUT2D eigenvalue weighted by molar-refractivity contribution is 0.593. The number of aryl methyl sites for hydroxylation is 2. The van der Waals surface area contributed by atoms with Gasteiger partial charge >= 0.3 is 0 Å². The van der Waals surface area contributed by atoms with Gasteiger partial charge in [-0.3, -0.25) is 0 Å². The molecule has 0 bridgehead atoms. The van der Waals surface area contributed by atoms with Crippen LogP contribution in [-0.4, -0.2) is 17.5 Å². The lowest BCUT2D eigenvalue weighted by Gasteiger charge is -2.15. The normalized spacial score (nSPS) is 12.8. The van der Waals surface area contributed by atoms with Crippen molar-refractivity contribution in [2.75, 3.05) is 11.5 Å². The van der Waals surface area contributed by atoms with E-state index in [9.17, 15) is 0 Å². The summed E-state index contributed by atoms with van der Waals surface area (Å²) in [5.41, 5.74) is 4.24. The van der Waals surface area contributed by atoms with Crippen LogP contribution in [0.1, 0.15) is 30.5 Å². The average molecular weight is 237 g/mol. The van der Waals surface area contributed by atoms with Gasteiger partial charge in [-0.2, -0.15) is 11.8 Å². The summed E-state index contributed by atoms with van der Waals surface area (Å²) < 4.78 is 0. The summed E-state index contributed by atoms with van der Waals surface area (Å²) in [4.78, 5) is 0. The summed E-state index contributed by atoms with van der Waals surface area (Å²) in [5, 5.41) is 3.59. The Balaban J connectivity index is 2.48. The Kier molecular flexibility index (Phi) is 5.93. The van der Waals surface area contributed by atoms with Gasteiger partial charge in [0.2, 0.25) is 0 Å². The highest BCUT2D eigenvalue weighted by Gasteiger charge is 2.04. The van der Waals surface area contributed by atoms with Crippen LogP contribution >= 0.6 is 11.8 Å². The molecule has 90 valence electrons. The molecule has 0 heterocycles. The van der Waals surface area contributed by atoms with Gasteiger partial charge < -0.3 is 5.32 Å². The predicted molar refractivity (Wildman–Crippen MR) is 75.2 cm³/mol. The zero-order valence-electron chi connectivity index (χ0n) is 10.8. The van der Waals surface area contributed by atoms with E-state index >= 15 is 0 Å². The van der Waals surface area contributed by atoms with Gasteiger partial charge in [-0.1, -0.05) is 25.1 Å². The van der Waals surface area contributed by atoms with Crippen molar-refractivity contribution in [1.82, 2.24) is 5.32 Å². The fourth-order valence-electron chi connectivity index (χ4n) is 1.76. The molecule has 0 amide bonds. The molecule has 0 fully saturated rings. The zero-order valence-corrected chi connectivity index (χ0v) is 11.7. The first-order valence-electron chi connectivity index (χ1n) is 6.01. The quantitative estimate of drug-likeness (QED) is 0.812. The van der Waals surface area contributed by atoms with Gasteiger partial charge in [-0.25, -0.2) is 0 Å². The molecule has 1 rings (SSSR count). The third-order valence-electron chi connectivity index (χ3n) is 2.84. The molecule has 1 unspecified atom stereocenters. The maximum Gasteiger partial charge on any atom is 0.0213 e. The van der Waals surface area contributed by atoms with E-state index in [1.807, 2.05) is 11.8 Å². The Bertz CT molecular complexity index is 302. The van der Waals surface area contributed by atoms with Crippen molar-refractivity contribution >= 4 is 11.8 Å². The summed E-state index contributed by atoms with van der Waals surface area (Å²) in [6, 6.07) is 7.10. The van der Waals surface area contributed by atoms with Crippen molar-refractivity contribution in [3.8, 4) is 0 Å². The van der Waals surface area contributed by atoms with Crippen LogP contribution in [0.3, 0.4) is 0 Å². The Morgan fingerprint density at radius 1 is 1.25 bits per heavy atom. The second-order valence-corrected chi connectivity index (χ2v) is 5.63. The van der Waals surface area contributed by atoms with Crippen LogP contribution in [0, 0.1) is 13.8 Å². The first-order valence-corrected chi connectivity index (χ1v) is 7.16. The molecule has 0 saturated heterocycles. The molecule has 0 saturated carbocycles. The second kappa shape index (κ2) is 6.97. The molecule has 0 aliphatic carbocycles. The van der Waals surface area contributed by atoms with Gasteiger partial charge in [0, 0.05) is 18.3 Å². The van der Waals surface area contributed by atoms with E-state index < -0.39 is 0 Å². The molecule has 16 heavy (non-hydrogen) atoms. The summed E-state index contributed by atoms with van der Waals surface area (Å²) in [6.07, 6.45) is 0. The number of rotatable bonds is 6. The Hall–Kier alpha value is -0.470. The third kappa shape index (κ3) is 4.18. The van der Waals surface area contributed by atoms with E-state index in [0.29, 0.717) is 6.04 Å².